The van der Waals surface area contributed by atoms with Gasteiger partial charge in [0.1, 0.15) is 0 Å². The number of nitrogens with one attached hydrogen (secondary N) is 2. The van der Waals surface area contributed by atoms with Gasteiger partial charge >= 0.3 is 6.01 Å². The second-order valence-electron chi connectivity index (χ2n) is 5.31. The first-order valence-corrected chi connectivity index (χ1v) is 7.48. The van der Waals surface area contributed by atoms with E-state index in [1.54, 1.807) is 0 Å². The maximum atomic E-state index is 9.51. The predicted octanol–water partition coefficient (Wildman–Crippen LogP) is 0.909. The molecular weight excluding hydrogens is 272 g/mol. The Bertz CT molecular complexity index is 437. The standard InChI is InChI=1S/C13H24N6O2/c1-2-7-21-13-17-11(16-12(18-13)19-14)15-8-9-3-5-10(20)6-4-9/h9-10,20H,2-8,14H2,1H3,(H2,15,16,17,18,19). The molecule has 1 aromatic rings. The minimum atomic E-state index is -0.138. The van der Waals surface area contributed by atoms with Crippen molar-refractivity contribution in [3.8, 4) is 6.01 Å². The van der Waals surface area contributed by atoms with Crippen LogP contribution < -0.4 is 21.3 Å². The molecule has 1 aliphatic carbocycles. The zero-order valence-corrected chi connectivity index (χ0v) is 12.4. The molecular formula is C13H24N6O2. The summed E-state index contributed by atoms with van der Waals surface area (Å²) in [6, 6.07) is 0.265. The van der Waals surface area contributed by atoms with E-state index in [4.69, 9.17) is 10.6 Å². The summed E-state index contributed by atoms with van der Waals surface area (Å²) in [5.74, 6) is 6.61. The van der Waals surface area contributed by atoms with Gasteiger partial charge in [0.05, 0.1) is 12.7 Å². The van der Waals surface area contributed by atoms with Gasteiger partial charge in [-0.05, 0) is 38.0 Å². The number of rotatable bonds is 7. The summed E-state index contributed by atoms with van der Waals surface area (Å²) in [6.45, 7) is 3.34. The number of nitrogen functional groups attached to an aromatic ring is 1. The van der Waals surface area contributed by atoms with E-state index < -0.39 is 0 Å². The Labute approximate surface area is 124 Å². The lowest BCUT2D eigenvalue weighted by atomic mass is 9.87. The van der Waals surface area contributed by atoms with E-state index in [-0.39, 0.29) is 18.1 Å². The molecule has 0 aliphatic heterocycles. The van der Waals surface area contributed by atoms with Crippen molar-refractivity contribution in [2.45, 2.75) is 45.1 Å². The number of ether oxygens (including phenoxy) is 1. The van der Waals surface area contributed by atoms with Gasteiger partial charge in [-0.15, -0.1) is 0 Å². The van der Waals surface area contributed by atoms with Crippen molar-refractivity contribution < 1.29 is 9.84 Å². The minimum Gasteiger partial charge on any atom is -0.463 e. The van der Waals surface area contributed by atoms with Crippen molar-refractivity contribution >= 4 is 11.9 Å². The van der Waals surface area contributed by atoms with Crippen LogP contribution in [0.15, 0.2) is 0 Å². The van der Waals surface area contributed by atoms with Crippen LogP contribution in [0.3, 0.4) is 0 Å². The number of hydrogen-bond acceptors (Lipinski definition) is 8. The Balaban J connectivity index is 1.91. The SMILES string of the molecule is CCCOc1nc(NN)nc(NCC2CCC(O)CC2)n1. The molecule has 0 aromatic carbocycles. The molecule has 2 rings (SSSR count). The maximum absolute atomic E-state index is 9.51. The molecule has 0 radical (unpaired) electrons. The van der Waals surface area contributed by atoms with Gasteiger partial charge < -0.3 is 15.2 Å². The Morgan fingerprint density at radius 3 is 2.57 bits per heavy atom. The van der Waals surface area contributed by atoms with Crippen molar-refractivity contribution in [3.05, 3.63) is 0 Å². The molecule has 21 heavy (non-hydrogen) atoms. The topological polar surface area (TPSA) is 118 Å². The van der Waals surface area contributed by atoms with Crippen LogP contribution in [0.25, 0.3) is 0 Å². The average molecular weight is 296 g/mol. The lowest BCUT2D eigenvalue weighted by molar-refractivity contribution is 0.111. The Morgan fingerprint density at radius 2 is 1.90 bits per heavy atom. The summed E-state index contributed by atoms with van der Waals surface area (Å²) in [4.78, 5) is 12.4. The van der Waals surface area contributed by atoms with Crippen LogP contribution in [0.5, 0.6) is 6.01 Å². The molecule has 118 valence electrons. The molecule has 0 atom stereocenters. The van der Waals surface area contributed by atoms with Gasteiger partial charge in [0.25, 0.3) is 0 Å². The maximum Gasteiger partial charge on any atom is 0.323 e. The summed E-state index contributed by atoms with van der Waals surface area (Å²) in [6.07, 6.45) is 4.50. The number of nitrogens with zero attached hydrogens (tertiary/aromatic N) is 3. The fraction of sp³-hybridized carbons (Fsp3) is 0.769. The second-order valence-corrected chi connectivity index (χ2v) is 5.31. The fourth-order valence-corrected chi connectivity index (χ4v) is 2.34. The number of aliphatic hydroxyl groups excluding tert-OH is 1. The zero-order valence-electron chi connectivity index (χ0n) is 12.4. The van der Waals surface area contributed by atoms with Crippen molar-refractivity contribution in [1.29, 1.82) is 0 Å². The third kappa shape index (κ3) is 4.98. The van der Waals surface area contributed by atoms with E-state index in [1.807, 2.05) is 6.92 Å². The zero-order chi connectivity index (χ0) is 15.1. The van der Waals surface area contributed by atoms with Gasteiger partial charge in [-0.25, -0.2) is 5.84 Å². The van der Waals surface area contributed by atoms with Gasteiger partial charge in [-0.3, -0.25) is 5.43 Å². The highest BCUT2D eigenvalue weighted by molar-refractivity contribution is 5.34. The van der Waals surface area contributed by atoms with Gasteiger partial charge in [0.2, 0.25) is 11.9 Å². The summed E-state index contributed by atoms with van der Waals surface area (Å²) >= 11 is 0. The summed E-state index contributed by atoms with van der Waals surface area (Å²) in [5.41, 5.74) is 2.41. The third-order valence-corrected chi connectivity index (χ3v) is 3.54. The van der Waals surface area contributed by atoms with Crippen molar-refractivity contribution in [2.75, 3.05) is 23.9 Å². The van der Waals surface area contributed by atoms with E-state index in [9.17, 15) is 5.11 Å². The molecule has 8 heteroatoms. The van der Waals surface area contributed by atoms with Crippen molar-refractivity contribution in [2.24, 2.45) is 11.8 Å². The highest BCUT2D eigenvalue weighted by atomic mass is 16.5. The van der Waals surface area contributed by atoms with E-state index in [0.29, 0.717) is 18.5 Å². The van der Waals surface area contributed by atoms with Crippen LogP contribution in [-0.2, 0) is 0 Å². The van der Waals surface area contributed by atoms with Crippen LogP contribution in [-0.4, -0.2) is 39.3 Å². The van der Waals surface area contributed by atoms with E-state index in [0.717, 1.165) is 38.6 Å². The first-order chi connectivity index (χ1) is 10.2. The van der Waals surface area contributed by atoms with Crippen LogP contribution in [0, 0.1) is 5.92 Å². The number of hydrogen-bond donors (Lipinski definition) is 4. The molecule has 0 saturated heterocycles. The van der Waals surface area contributed by atoms with Gasteiger partial charge in [-0.1, -0.05) is 6.92 Å². The Morgan fingerprint density at radius 1 is 1.19 bits per heavy atom. The molecule has 0 amide bonds. The molecule has 0 spiro atoms. The summed E-state index contributed by atoms with van der Waals surface area (Å²) in [5, 5.41) is 12.7. The first kappa shape index (κ1) is 15.7. The van der Waals surface area contributed by atoms with Crippen LogP contribution >= 0.6 is 0 Å². The van der Waals surface area contributed by atoms with Gasteiger partial charge in [0.15, 0.2) is 0 Å². The van der Waals surface area contributed by atoms with Crippen LogP contribution in [0.2, 0.25) is 0 Å². The molecule has 0 unspecified atom stereocenters. The summed E-state index contributed by atoms with van der Waals surface area (Å²) in [7, 11) is 0. The number of nitrogens with two attached hydrogens (primary N) is 1. The highest BCUT2D eigenvalue weighted by Crippen LogP contribution is 2.24. The minimum absolute atomic E-state index is 0.138. The van der Waals surface area contributed by atoms with Crippen LogP contribution in [0.4, 0.5) is 11.9 Å². The van der Waals surface area contributed by atoms with E-state index >= 15 is 0 Å². The molecule has 1 aromatic heterocycles. The average Bonchev–Trinajstić information content (AvgIpc) is 2.52. The normalized spacial score (nSPS) is 21.9. The molecule has 1 aliphatic rings. The third-order valence-electron chi connectivity index (χ3n) is 3.54. The lowest BCUT2D eigenvalue weighted by Gasteiger charge is -2.25. The van der Waals surface area contributed by atoms with Crippen molar-refractivity contribution in [3.63, 3.8) is 0 Å². The largest absolute Gasteiger partial charge is 0.463 e. The number of aromatic nitrogens is 3. The number of anilines is 2. The monoisotopic (exact) mass is 296 g/mol. The lowest BCUT2D eigenvalue weighted by Crippen LogP contribution is -2.24. The van der Waals surface area contributed by atoms with Crippen molar-refractivity contribution in [1.82, 2.24) is 15.0 Å². The molecule has 1 saturated carbocycles. The number of hydrazine groups is 1. The fourth-order valence-electron chi connectivity index (χ4n) is 2.34. The van der Waals surface area contributed by atoms with Gasteiger partial charge in [0, 0.05) is 6.54 Å². The Kier molecular flexibility index (Phi) is 5.94. The Hall–Kier alpha value is -1.67. The quantitative estimate of drug-likeness (QED) is 0.433. The molecule has 5 N–H and O–H groups in total. The van der Waals surface area contributed by atoms with E-state index in [2.05, 4.69) is 25.7 Å². The van der Waals surface area contributed by atoms with Gasteiger partial charge in [-0.2, -0.15) is 15.0 Å². The second kappa shape index (κ2) is 7.94. The molecule has 1 heterocycles. The molecule has 0 bridgehead atoms. The first-order valence-electron chi connectivity index (χ1n) is 7.48. The predicted molar refractivity (Wildman–Crippen MR) is 79.9 cm³/mol. The highest BCUT2D eigenvalue weighted by Gasteiger charge is 2.19. The molecule has 8 nitrogen and oxygen atoms in total. The summed E-state index contributed by atoms with van der Waals surface area (Å²) < 4.78 is 5.41. The number of aliphatic hydroxyl groups is 1. The van der Waals surface area contributed by atoms with E-state index in [1.165, 1.54) is 0 Å². The molecule has 1 fully saturated rings. The van der Waals surface area contributed by atoms with Crippen LogP contribution in [0.1, 0.15) is 39.0 Å². The smallest absolute Gasteiger partial charge is 0.323 e.